The minimum absolute atomic E-state index is 0.140. The van der Waals surface area contributed by atoms with Gasteiger partial charge in [-0.1, -0.05) is 0 Å². The lowest BCUT2D eigenvalue weighted by Gasteiger charge is -2.13. The fourth-order valence-electron chi connectivity index (χ4n) is 2.26. The number of nitrogens with zero attached hydrogens (tertiary/aromatic N) is 3. The highest BCUT2D eigenvalue weighted by molar-refractivity contribution is 5.95. The van der Waals surface area contributed by atoms with Gasteiger partial charge in [0.25, 0.3) is 5.91 Å². The molecule has 1 atom stereocenters. The van der Waals surface area contributed by atoms with Gasteiger partial charge in [-0.15, -0.1) is 0 Å². The van der Waals surface area contributed by atoms with Gasteiger partial charge in [0.15, 0.2) is 5.65 Å². The molecule has 0 radical (unpaired) electrons. The van der Waals surface area contributed by atoms with Gasteiger partial charge < -0.3 is 10.1 Å². The van der Waals surface area contributed by atoms with E-state index >= 15 is 0 Å². The second-order valence-corrected chi connectivity index (χ2v) is 5.71. The molecule has 3 rings (SSSR count). The second kappa shape index (κ2) is 5.44. The number of amides is 1. The molecule has 1 aliphatic rings. The van der Waals surface area contributed by atoms with E-state index in [4.69, 9.17) is 4.74 Å². The summed E-state index contributed by atoms with van der Waals surface area (Å²) in [6.07, 6.45) is 3.63. The maximum absolute atomic E-state index is 12.1. The maximum atomic E-state index is 12.1. The van der Waals surface area contributed by atoms with Crippen LogP contribution in [0.1, 0.15) is 25.5 Å². The number of fused-ring (bicyclic) bond motifs is 1. The van der Waals surface area contributed by atoms with Gasteiger partial charge in [-0.3, -0.25) is 9.48 Å². The van der Waals surface area contributed by atoms with E-state index in [1.54, 1.807) is 17.8 Å². The lowest BCUT2D eigenvalue weighted by Crippen LogP contribution is -2.28. The van der Waals surface area contributed by atoms with Crippen molar-refractivity contribution in [3.63, 3.8) is 0 Å². The number of aryl methyl sites for hydroxylation is 2. The molecule has 1 N–H and O–H groups in total. The highest BCUT2D eigenvalue weighted by atomic mass is 16.5. The van der Waals surface area contributed by atoms with Gasteiger partial charge >= 0.3 is 0 Å². The van der Waals surface area contributed by atoms with Crippen molar-refractivity contribution >= 4 is 22.6 Å². The minimum atomic E-state index is -0.448. The minimum Gasteiger partial charge on any atom is -0.368 e. The Balaban J connectivity index is 1.68. The lowest BCUT2D eigenvalue weighted by molar-refractivity contribution is -0.126. The molecule has 0 saturated heterocycles. The van der Waals surface area contributed by atoms with Crippen LogP contribution in [0.15, 0.2) is 12.3 Å². The third kappa shape index (κ3) is 3.05. The van der Waals surface area contributed by atoms with Gasteiger partial charge in [0.2, 0.25) is 0 Å². The Bertz CT molecular complexity index is 676. The molecule has 2 aromatic rings. The number of aromatic nitrogens is 3. The third-order valence-corrected chi connectivity index (χ3v) is 3.78. The number of carbonyl (C=O) groups excluding carboxylic acids is 1. The highest BCUT2D eigenvalue weighted by Gasteiger charge is 2.24. The van der Waals surface area contributed by atoms with Gasteiger partial charge in [-0.25, -0.2) is 4.98 Å². The first-order valence-corrected chi connectivity index (χ1v) is 7.26. The van der Waals surface area contributed by atoms with Crippen molar-refractivity contribution in [3.8, 4) is 0 Å². The maximum Gasteiger partial charge on any atom is 0.253 e. The Morgan fingerprint density at radius 1 is 1.57 bits per heavy atom. The van der Waals surface area contributed by atoms with Gasteiger partial charge in [-0.2, -0.15) is 5.10 Å². The van der Waals surface area contributed by atoms with Crippen LogP contribution in [0.5, 0.6) is 0 Å². The summed E-state index contributed by atoms with van der Waals surface area (Å²) in [6, 6.07) is 1.90. The summed E-state index contributed by atoms with van der Waals surface area (Å²) in [4.78, 5) is 16.4. The second-order valence-electron chi connectivity index (χ2n) is 5.71. The zero-order valence-corrected chi connectivity index (χ0v) is 12.6. The molecule has 0 spiro atoms. The van der Waals surface area contributed by atoms with Crippen LogP contribution in [0.25, 0.3) is 11.0 Å². The third-order valence-electron chi connectivity index (χ3n) is 3.78. The molecule has 1 aliphatic carbocycles. The quantitative estimate of drug-likeness (QED) is 0.914. The van der Waals surface area contributed by atoms with Gasteiger partial charge in [0.05, 0.1) is 24.2 Å². The lowest BCUT2D eigenvalue weighted by atomic mass is 10.2. The van der Waals surface area contributed by atoms with Crippen LogP contribution in [-0.4, -0.2) is 33.4 Å². The summed E-state index contributed by atoms with van der Waals surface area (Å²) >= 11 is 0. The van der Waals surface area contributed by atoms with E-state index in [1.165, 1.54) is 12.8 Å². The zero-order valence-electron chi connectivity index (χ0n) is 12.6. The van der Waals surface area contributed by atoms with Crippen LogP contribution in [0, 0.1) is 12.8 Å². The molecule has 6 nitrogen and oxygen atoms in total. The number of ether oxygens (including phenoxy) is 1. The molecule has 0 aliphatic heterocycles. The molecule has 1 fully saturated rings. The first-order valence-electron chi connectivity index (χ1n) is 7.26. The highest BCUT2D eigenvalue weighted by Crippen LogP contribution is 2.29. The van der Waals surface area contributed by atoms with Crippen LogP contribution in [0.4, 0.5) is 5.69 Å². The van der Waals surface area contributed by atoms with Crippen LogP contribution >= 0.6 is 0 Å². The number of anilines is 1. The summed E-state index contributed by atoms with van der Waals surface area (Å²) in [7, 11) is 1.86. The van der Waals surface area contributed by atoms with E-state index in [0.29, 0.717) is 18.2 Å². The summed E-state index contributed by atoms with van der Waals surface area (Å²) in [5.74, 6) is 0.509. The molecule has 0 aromatic carbocycles. The van der Waals surface area contributed by atoms with Crippen molar-refractivity contribution in [1.29, 1.82) is 0 Å². The van der Waals surface area contributed by atoms with E-state index in [1.807, 2.05) is 20.0 Å². The molecule has 21 heavy (non-hydrogen) atoms. The molecule has 0 bridgehead atoms. The zero-order chi connectivity index (χ0) is 15.0. The SMILES string of the molecule is Cc1nn(C)c2ncc(NC(=O)C(C)OCC3CC3)cc12. The Morgan fingerprint density at radius 2 is 2.33 bits per heavy atom. The van der Waals surface area contributed by atoms with E-state index < -0.39 is 6.10 Å². The fourth-order valence-corrected chi connectivity index (χ4v) is 2.26. The van der Waals surface area contributed by atoms with E-state index in [0.717, 1.165) is 16.7 Å². The van der Waals surface area contributed by atoms with Gasteiger partial charge in [0, 0.05) is 12.4 Å². The van der Waals surface area contributed by atoms with Crippen molar-refractivity contribution < 1.29 is 9.53 Å². The van der Waals surface area contributed by atoms with E-state index in [2.05, 4.69) is 15.4 Å². The predicted molar refractivity (Wildman–Crippen MR) is 80.0 cm³/mol. The molecule has 1 amide bonds. The number of rotatable bonds is 5. The van der Waals surface area contributed by atoms with Crippen molar-refractivity contribution in [2.45, 2.75) is 32.8 Å². The first kappa shape index (κ1) is 14.0. The van der Waals surface area contributed by atoms with Gasteiger partial charge in [-0.05, 0) is 38.7 Å². The molecule has 1 unspecified atom stereocenters. The summed E-state index contributed by atoms with van der Waals surface area (Å²) in [5.41, 5.74) is 2.38. The van der Waals surface area contributed by atoms with Crippen molar-refractivity contribution in [2.24, 2.45) is 13.0 Å². The van der Waals surface area contributed by atoms with E-state index in [9.17, 15) is 4.79 Å². The van der Waals surface area contributed by atoms with Crippen molar-refractivity contribution in [3.05, 3.63) is 18.0 Å². The van der Waals surface area contributed by atoms with Crippen LogP contribution in [0.3, 0.4) is 0 Å². The summed E-state index contributed by atoms with van der Waals surface area (Å²) < 4.78 is 7.30. The molecule has 112 valence electrons. The van der Waals surface area contributed by atoms with Crippen LogP contribution in [-0.2, 0) is 16.6 Å². The average Bonchev–Trinajstić information content (AvgIpc) is 3.24. The largest absolute Gasteiger partial charge is 0.368 e. The smallest absolute Gasteiger partial charge is 0.253 e. The van der Waals surface area contributed by atoms with Crippen LogP contribution in [0.2, 0.25) is 0 Å². The van der Waals surface area contributed by atoms with Gasteiger partial charge in [0.1, 0.15) is 6.10 Å². The molecular formula is C15H20N4O2. The number of pyridine rings is 1. The predicted octanol–water partition coefficient (Wildman–Crippen LogP) is 2.03. The monoisotopic (exact) mass is 288 g/mol. The summed E-state index contributed by atoms with van der Waals surface area (Å²) in [6.45, 7) is 4.38. The molecule has 1 saturated carbocycles. The molecular weight excluding hydrogens is 268 g/mol. The standard InChI is InChI=1S/C15H20N4O2/c1-9-13-6-12(7-16-14(13)19(3)18-9)17-15(20)10(2)21-8-11-4-5-11/h6-7,10-11H,4-5,8H2,1-3H3,(H,17,20). The van der Waals surface area contributed by atoms with Crippen LogP contribution < -0.4 is 5.32 Å². The van der Waals surface area contributed by atoms with Crippen molar-refractivity contribution in [1.82, 2.24) is 14.8 Å². The normalized spacial score (nSPS) is 16.1. The summed E-state index contributed by atoms with van der Waals surface area (Å²) in [5, 5.41) is 8.12. The Morgan fingerprint density at radius 3 is 3.05 bits per heavy atom. The molecule has 6 heteroatoms. The number of hydrogen-bond donors (Lipinski definition) is 1. The number of nitrogens with one attached hydrogen (secondary N) is 1. The Labute approximate surface area is 123 Å². The Hall–Kier alpha value is -1.95. The topological polar surface area (TPSA) is 69.0 Å². The average molecular weight is 288 g/mol. The first-order chi connectivity index (χ1) is 10.0. The van der Waals surface area contributed by atoms with E-state index in [-0.39, 0.29) is 5.91 Å². The fraction of sp³-hybridized carbons (Fsp3) is 0.533. The Kier molecular flexibility index (Phi) is 3.63. The molecule has 2 heterocycles. The molecule has 2 aromatic heterocycles. The number of carbonyl (C=O) groups is 1. The van der Waals surface area contributed by atoms with Crippen molar-refractivity contribution in [2.75, 3.05) is 11.9 Å². The number of hydrogen-bond acceptors (Lipinski definition) is 4.